The number of rotatable bonds is 6. The predicted molar refractivity (Wildman–Crippen MR) is 102 cm³/mol. The Kier molecular flexibility index (Phi) is 5.23. The third-order valence-electron chi connectivity index (χ3n) is 4.60. The largest absolute Gasteiger partial charge is 0.497 e. The van der Waals surface area contributed by atoms with Crippen LogP contribution in [0.15, 0.2) is 47.3 Å². The summed E-state index contributed by atoms with van der Waals surface area (Å²) in [4.78, 5) is 21.9. The molecule has 0 aliphatic carbocycles. The van der Waals surface area contributed by atoms with Crippen LogP contribution in [0.25, 0.3) is 10.9 Å². The normalized spacial score (nSPS) is 12.3. The Bertz CT molecular complexity index is 968. The molecule has 0 aliphatic rings. The number of aromatic nitrogens is 2. The maximum atomic E-state index is 12.3. The highest BCUT2D eigenvalue weighted by Gasteiger charge is 2.17. The van der Waals surface area contributed by atoms with E-state index in [0.717, 1.165) is 17.1 Å². The number of fused-ring (bicyclic) bond motifs is 1. The molecule has 1 atom stereocenters. The number of nitrogens with one attached hydrogen (secondary N) is 1. The van der Waals surface area contributed by atoms with Crippen LogP contribution in [0.1, 0.15) is 24.4 Å². The van der Waals surface area contributed by atoms with Crippen LogP contribution in [0.5, 0.6) is 11.5 Å². The maximum absolute atomic E-state index is 12.3. The van der Waals surface area contributed by atoms with Crippen molar-refractivity contribution in [3.05, 3.63) is 64.2 Å². The van der Waals surface area contributed by atoms with Gasteiger partial charge < -0.3 is 14.5 Å². The van der Waals surface area contributed by atoms with Crippen molar-refractivity contribution in [1.82, 2.24) is 14.9 Å². The van der Waals surface area contributed by atoms with E-state index < -0.39 is 0 Å². The molecule has 0 saturated carbocycles. The van der Waals surface area contributed by atoms with E-state index in [1.165, 1.54) is 0 Å². The maximum Gasteiger partial charge on any atom is 0.258 e. The summed E-state index contributed by atoms with van der Waals surface area (Å²) in [5.41, 5.74) is 1.62. The molecule has 0 fully saturated rings. The highest BCUT2D eigenvalue weighted by molar-refractivity contribution is 5.77. The number of hydrogen-bond donors (Lipinski definition) is 1. The SMILES string of the molecule is COc1ccc(CN(C)C(C)c2nc3ccccc3c(=O)[nH]2)c(OC)c1. The van der Waals surface area contributed by atoms with Gasteiger partial charge in [-0.2, -0.15) is 0 Å². The van der Waals surface area contributed by atoms with E-state index in [0.29, 0.717) is 23.3 Å². The highest BCUT2D eigenvalue weighted by Crippen LogP contribution is 2.27. The lowest BCUT2D eigenvalue weighted by Gasteiger charge is -2.25. The molecule has 0 saturated heterocycles. The number of hydrogen-bond acceptors (Lipinski definition) is 5. The molecule has 0 radical (unpaired) electrons. The molecule has 26 heavy (non-hydrogen) atoms. The molecular formula is C20H23N3O3. The number of methoxy groups -OCH3 is 2. The van der Waals surface area contributed by atoms with Gasteiger partial charge in [-0.1, -0.05) is 18.2 Å². The summed E-state index contributed by atoms with van der Waals surface area (Å²) in [7, 11) is 5.26. The Morgan fingerprint density at radius 2 is 1.92 bits per heavy atom. The smallest absolute Gasteiger partial charge is 0.258 e. The Hall–Kier alpha value is -2.86. The van der Waals surface area contributed by atoms with Crippen molar-refractivity contribution in [1.29, 1.82) is 0 Å². The first kappa shape index (κ1) is 17.9. The van der Waals surface area contributed by atoms with Gasteiger partial charge in [-0.05, 0) is 32.2 Å². The minimum Gasteiger partial charge on any atom is -0.497 e. The average Bonchev–Trinajstić information content (AvgIpc) is 2.67. The van der Waals surface area contributed by atoms with Crippen LogP contribution in [0.2, 0.25) is 0 Å². The zero-order chi connectivity index (χ0) is 18.7. The van der Waals surface area contributed by atoms with E-state index in [1.54, 1.807) is 20.3 Å². The van der Waals surface area contributed by atoms with Crippen LogP contribution >= 0.6 is 0 Å². The van der Waals surface area contributed by atoms with Gasteiger partial charge in [0.15, 0.2) is 0 Å². The first-order valence-corrected chi connectivity index (χ1v) is 8.43. The summed E-state index contributed by atoms with van der Waals surface area (Å²) in [6.45, 7) is 2.66. The van der Waals surface area contributed by atoms with E-state index in [1.807, 2.05) is 50.4 Å². The second-order valence-corrected chi connectivity index (χ2v) is 6.24. The summed E-state index contributed by atoms with van der Waals surface area (Å²) in [5.74, 6) is 2.16. The van der Waals surface area contributed by atoms with Gasteiger partial charge >= 0.3 is 0 Å². The minimum atomic E-state index is -0.118. The van der Waals surface area contributed by atoms with E-state index >= 15 is 0 Å². The molecular weight excluding hydrogens is 330 g/mol. The summed E-state index contributed by atoms with van der Waals surface area (Å²) in [5, 5.41) is 0.600. The molecule has 3 aromatic rings. The molecule has 6 nitrogen and oxygen atoms in total. The molecule has 0 amide bonds. The molecule has 0 aliphatic heterocycles. The molecule has 1 N–H and O–H groups in total. The third-order valence-corrected chi connectivity index (χ3v) is 4.60. The van der Waals surface area contributed by atoms with Crippen molar-refractivity contribution in [3.63, 3.8) is 0 Å². The predicted octanol–water partition coefficient (Wildman–Crippen LogP) is 3.13. The van der Waals surface area contributed by atoms with Crippen molar-refractivity contribution in [2.45, 2.75) is 19.5 Å². The molecule has 3 rings (SSSR count). The minimum absolute atomic E-state index is 0.0703. The van der Waals surface area contributed by atoms with Gasteiger partial charge in [0.2, 0.25) is 0 Å². The number of ether oxygens (including phenoxy) is 2. The van der Waals surface area contributed by atoms with Gasteiger partial charge in [-0.25, -0.2) is 4.98 Å². The van der Waals surface area contributed by atoms with Crippen LogP contribution in [-0.2, 0) is 6.54 Å². The number of benzene rings is 2. The van der Waals surface area contributed by atoms with Gasteiger partial charge in [0.25, 0.3) is 5.56 Å². The summed E-state index contributed by atoms with van der Waals surface area (Å²) in [6, 6.07) is 13.0. The Labute approximate surface area is 152 Å². The molecule has 2 aromatic carbocycles. The average molecular weight is 353 g/mol. The monoisotopic (exact) mass is 353 g/mol. The van der Waals surface area contributed by atoms with Crippen molar-refractivity contribution < 1.29 is 9.47 Å². The van der Waals surface area contributed by atoms with Crippen LogP contribution in [-0.4, -0.2) is 36.1 Å². The van der Waals surface area contributed by atoms with Crippen LogP contribution < -0.4 is 15.0 Å². The van der Waals surface area contributed by atoms with E-state index in [9.17, 15) is 4.79 Å². The Balaban J connectivity index is 1.86. The molecule has 1 aromatic heterocycles. The fraction of sp³-hybridized carbons (Fsp3) is 0.300. The lowest BCUT2D eigenvalue weighted by Crippen LogP contribution is -2.26. The highest BCUT2D eigenvalue weighted by atomic mass is 16.5. The topological polar surface area (TPSA) is 67.5 Å². The Morgan fingerprint density at radius 1 is 1.15 bits per heavy atom. The quantitative estimate of drug-likeness (QED) is 0.737. The number of H-pyrrole nitrogens is 1. The van der Waals surface area contributed by atoms with E-state index in [4.69, 9.17) is 9.47 Å². The zero-order valence-corrected chi connectivity index (χ0v) is 15.4. The van der Waals surface area contributed by atoms with Crippen LogP contribution in [0.4, 0.5) is 0 Å². The van der Waals surface area contributed by atoms with Gasteiger partial charge in [-0.3, -0.25) is 9.69 Å². The molecule has 1 heterocycles. The standard InChI is InChI=1S/C20H23N3O3/c1-13(19-21-17-8-6-5-7-16(17)20(24)22-19)23(2)12-14-9-10-15(25-3)11-18(14)26-4/h5-11,13H,12H2,1-4H3,(H,21,22,24). The van der Waals surface area contributed by atoms with Crippen molar-refractivity contribution in [2.24, 2.45) is 0 Å². The van der Waals surface area contributed by atoms with E-state index in [-0.39, 0.29) is 11.6 Å². The van der Waals surface area contributed by atoms with Crippen molar-refractivity contribution in [2.75, 3.05) is 21.3 Å². The van der Waals surface area contributed by atoms with Gasteiger partial charge in [0, 0.05) is 18.2 Å². The second-order valence-electron chi connectivity index (χ2n) is 6.24. The number of para-hydroxylation sites is 1. The van der Waals surface area contributed by atoms with Gasteiger partial charge in [0.1, 0.15) is 17.3 Å². The lowest BCUT2D eigenvalue weighted by atomic mass is 10.1. The first-order valence-electron chi connectivity index (χ1n) is 8.43. The molecule has 1 unspecified atom stereocenters. The lowest BCUT2D eigenvalue weighted by molar-refractivity contribution is 0.240. The van der Waals surface area contributed by atoms with Crippen molar-refractivity contribution in [3.8, 4) is 11.5 Å². The molecule has 6 heteroatoms. The number of aromatic amines is 1. The first-order chi connectivity index (χ1) is 12.5. The number of nitrogens with zero attached hydrogens (tertiary/aromatic N) is 2. The molecule has 0 spiro atoms. The molecule has 136 valence electrons. The van der Waals surface area contributed by atoms with Gasteiger partial charge in [-0.15, -0.1) is 0 Å². The fourth-order valence-electron chi connectivity index (χ4n) is 2.90. The van der Waals surface area contributed by atoms with Gasteiger partial charge in [0.05, 0.1) is 31.2 Å². The van der Waals surface area contributed by atoms with Crippen LogP contribution in [0, 0.1) is 0 Å². The third kappa shape index (κ3) is 3.55. The molecule has 0 bridgehead atoms. The second kappa shape index (κ2) is 7.58. The zero-order valence-electron chi connectivity index (χ0n) is 15.4. The van der Waals surface area contributed by atoms with Crippen molar-refractivity contribution >= 4 is 10.9 Å². The summed E-state index contributed by atoms with van der Waals surface area (Å²) in [6.07, 6.45) is 0. The van der Waals surface area contributed by atoms with E-state index in [2.05, 4.69) is 14.9 Å². The Morgan fingerprint density at radius 3 is 2.65 bits per heavy atom. The summed E-state index contributed by atoms with van der Waals surface area (Å²) < 4.78 is 10.7. The summed E-state index contributed by atoms with van der Waals surface area (Å²) >= 11 is 0. The van der Waals surface area contributed by atoms with Crippen LogP contribution in [0.3, 0.4) is 0 Å². The fourth-order valence-corrected chi connectivity index (χ4v) is 2.90.